The van der Waals surface area contributed by atoms with E-state index in [2.05, 4.69) is 0 Å². The number of Topliss-reactive ketones (excluding diaryl/α,β-unsaturated/α-hetero) is 3. The molecular formula is C23H24O10. The van der Waals surface area contributed by atoms with Crippen LogP contribution in [0.2, 0.25) is 0 Å². The van der Waals surface area contributed by atoms with E-state index in [1.807, 2.05) is 0 Å². The van der Waals surface area contributed by atoms with Crippen molar-refractivity contribution in [3.8, 4) is 5.75 Å². The second-order valence-electron chi connectivity index (χ2n) is 9.41. The molecule has 0 aromatic heterocycles. The molecule has 1 aromatic rings. The van der Waals surface area contributed by atoms with E-state index in [0.717, 1.165) is 0 Å². The van der Waals surface area contributed by atoms with E-state index < -0.39 is 83.1 Å². The summed E-state index contributed by atoms with van der Waals surface area (Å²) in [5.41, 5.74) is -2.35. The molecule has 5 rings (SSSR count). The Morgan fingerprint density at radius 2 is 1.91 bits per heavy atom. The van der Waals surface area contributed by atoms with Crippen LogP contribution in [0.25, 0.3) is 0 Å². The van der Waals surface area contributed by atoms with Crippen LogP contribution in [0, 0.1) is 11.3 Å². The number of phenolic OH excluding ortho intramolecular Hbond substituents is 1. The smallest absolute Gasteiger partial charge is 0.308 e. The second-order valence-corrected chi connectivity index (χ2v) is 9.41. The third kappa shape index (κ3) is 2.81. The molecule has 3 N–H and O–H groups in total. The first kappa shape index (κ1) is 22.1. The zero-order chi connectivity index (χ0) is 23.9. The highest BCUT2D eigenvalue weighted by atomic mass is 16.7. The van der Waals surface area contributed by atoms with E-state index in [0.29, 0.717) is 0 Å². The number of aliphatic hydroxyl groups is 2. The molecule has 0 radical (unpaired) electrons. The molecule has 10 heteroatoms. The summed E-state index contributed by atoms with van der Waals surface area (Å²) in [6.45, 7) is 2.85. The highest BCUT2D eigenvalue weighted by Gasteiger charge is 2.76. The fraction of sp³-hybridized carbons (Fsp3) is 0.565. The molecule has 1 aromatic carbocycles. The van der Waals surface area contributed by atoms with Gasteiger partial charge in [-0.3, -0.25) is 19.2 Å². The third-order valence-corrected chi connectivity index (χ3v) is 7.22. The molecule has 4 aliphatic rings. The Balaban J connectivity index is 1.84. The highest BCUT2D eigenvalue weighted by molar-refractivity contribution is 6.20. The average Bonchev–Trinajstić information content (AvgIpc) is 3.10. The number of fused-ring (bicyclic) bond motifs is 5. The summed E-state index contributed by atoms with van der Waals surface area (Å²) in [6, 6.07) is 4.00. The maximum Gasteiger partial charge on any atom is 0.308 e. The van der Waals surface area contributed by atoms with Crippen LogP contribution >= 0.6 is 0 Å². The van der Waals surface area contributed by atoms with Gasteiger partial charge in [-0.2, -0.15) is 0 Å². The van der Waals surface area contributed by atoms with Crippen molar-refractivity contribution in [1.29, 1.82) is 0 Å². The Morgan fingerprint density at radius 1 is 1.18 bits per heavy atom. The van der Waals surface area contributed by atoms with Gasteiger partial charge < -0.3 is 29.5 Å². The summed E-state index contributed by atoms with van der Waals surface area (Å²) in [5.74, 6) is -7.00. The number of aromatic hydroxyl groups is 1. The number of esters is 1. The minimum Gasteiger partial charge on any atom is -0.507 e. The van der Waals surface area contributed by atoms with Crippen LogP contribution in [-0.4, -0.2) is 74.9 Å². The first-order valence-corrected chi connectivity index (χ1v) is 10.8. The lowest BCUT2D eigenvalue weighted by molar-refractivity contribution is -0.398. The quantitative estimate of drug-likeness (QED) is 0.524. The van der Waals surface area contributed by atoms with Gasteiger partial charge in [0.2, 0.25) is 5.79 Å². The summed E-state index contributed by atoms with van der Waals surface area (Å²) in [7, 11) is 0. The van der Waals surface area contributed by atoms with Crippen molar-refractivity contribution < 1.29 is 48.7 Å². The van der Waals surface area contributed by atoms with Gasteiger partial charge >= 0.3 is 5.97 Å². The number of hydrogen-bond acceptors (Lipinski definition) is 10. The first-order chi connectivity index (χ1) is 15.5. The number of ketones is 3. The lowest BCUT2D eigenvalue weighted by Crippen LogP contribution is -2.76. The molecule has 1 aliphatic carbocycles. The van der Waals surface area contributed by atoms with Crippen molar-refractivity contribution in [2.24, 2.45) is 11.3 Å². The molecule has 3 saturated heterocycles. The Morgan fingerprint density at radius 3 is 2.61 bits per heavy atom. The van der Waals surface area contributed by atoms with E-state index in [4.69, 9.17) is 14.2 Å². The molecule has 8 atom stereocenters. The molecule has 0 amide bonds. The maximum absolute atomic E-state index is 14.1. The molecule has 33 heavy (non-hydrogen) atoms. The molecule has 3 aliphatic heterocycles. The number of hydrogen-bond donors (Lipinski definition) is 3. The Bertz CT molecular complexity index is 1080. The number of carbonyl (C=O) groups excluding carboxylic acids is 4. The first-order valence-electron chi connectivity index (χ1n) is 10.8. The summed E-state index contributed by atoms with van der Waals surface area (Å²) in [6.07, 6.45) is -6.96. The molecule has 3 fully saturated rings. The van der Waals surface area contributed by atoms with Gasteiger partial charge in [-0.05, 0) is 19.9 Å². The standard InChI is InChI=1S/C23H24O10/c1-9(24)8-22-18(17(28)16-11(19(22)29)4-3-5-12(16)25)23(20(30)13(26)6-10(2)32-23)33-14-7-15(27)31-21(14)22/h3-5,10,13-14,18,20-21,25-26,30H,6-8H2,1-2H3. The van der Waals surface area contributed by atoms with Crippen LogP contribution in [0.15, 0.2) is 18.2 Å². The van der Waals surface area contributed by atoms with Crippen LogP contribution in [0.1, 0.15) is 53.8 Å². The van der Waals surface area contributed by atoms with E-state index in [1.54, 1.807) is 6.92 Å². The topological polar surface area (TPSA) is 157 Å². The number of rotatable bonds is 2. The largest absolute Gasteiger partial charge is 0.507 e. The fourth-order valence-electron chi connectivity index (χ4n) is 6.17. The molecule has 0 bridgehead atoms. The molecule has 10 nitrogen and oxygen atoms in total. The van der Waals surface area contributed by atoms with Crippen molar-refractivity contribution in [3.05, 3.63) is 29.3 Å². The SMILES string of the molecule is CC(=O)CC12C(=O)c3cccc(O)c3C(=O)C1C1(OC(C)CC(O)C1O)OC1CC(=O)OC12. The van der Waals surface area contributed by atoms with Gasteiger partial charge in [0.1, 0.15) is 29.8 Å². The van der Waals surface area contributed by atoms with Crippen molar-refractivity contribution in [1.82, 2.24) is 0 Å². The number of aliphatic hydroxyl groups excluding tert-OH is 2. The third-order valence-electron chi connectivity index (χ3n) is 7.22. The van der Waals surface area contributed by atoms with Gasteiger partial charge in [-0.25, -0.2) is 0 Å². The van der Waals surface area contributed by atoms with E-state index >= 15 is 0 Å². The van der Waals surface area contributed by atoms with E-state index in [9.17, 15) is 34.5 Å². The van der Waals surface area contributed by atoms with E-state index in [1.165, 1.54) is 25.1 Å². The highest BCUT2D eigenvalue weighted by Crippen LogP contribution is 2.61. The minimum absolute atomic E-state index is 0.0339. The summed E-state index contributed by atoms with van der Waals surface area (Å²) in [5, 5.41) is 32.2. The van der Waals surface area contributed by atoms with Gasteiger partial charge in [0.15, 0.2) is 11.6 Å². The zero-order valence-electron chi connectivity index (χ0n) is 18.0. The van der Waals surface area contributed by atoms with Crippen LogP contribution in [0.4, 0.5) is 0 Å². The molecule has 176 valence electrons. The fourth-order valence-corrected chi connectivity index (χ4v) is 6.17. The van der Waals surface area contributed by atoms with Gasteiger partial charge in [-0.15, -0.1) is 0 Å². The van der Waals surface area contributed by atoms with Crippen molar-refractivity contribution in [2.75, 3.05) is 0 Å². The molecule has 1 spiro atoms. The minimum atomic E-state index is -2.24. The van der Waals surface area contributed by atoms with Gasteiger partial charge in [0, 0.05) is 18.4 Å². The van der Waals surface area contributed by atoms with Gasteiger partial charge in [-0.1, -0.05) is 12.1 Å². The van der Waals surface area contributed by atoms with Crippen molar-refractivity contribution in [3.63, 3.8) is 0 Å². The van der Waals surface area contributed by atoms with Crippen molar-refractivity contribution >= 4 is 23.3 Å². The van der Waals surface area contributed by atoms with Crippen LogP contribution in [0.3, 0.4) is 0 Å². The summed E-state index contributed by atoms with van der Waals surface area (Å²) >= 11 is 0. The monoisotopic (exact) mass is 460 g/mol. The molecular weight excluding hydrogens is 436 g/mol. The molecule has 0 saturated carbocycles. The predicted molar refractivity (Wildman–Crippen MR) is 107 cm³/mol. The lowest BCUT2D eigenvalue weighted by Gasteiger charge is -2.60. The Kier molecular flexibility index (Phi) is 4.81. The van der Waals surface area contributed by atoms with Crippen molar-refractivity contribution in [2.45, 2.75) is 69.4 Å². The number of benzene rings is 1. The second kappa shape index (κ2) is 7.17. The summed E-state index contributed by atoms with van der Waals surface area (Å²) < 4.78 is 17.6. The number of carbonyl (C=O) groups is 4. The molecule has 3 heterocycles. The lowest BCUT2D eigenvalue weighted by atomic mass is 9.52. The normalized spacial score (nSPS) is 41.9. The van der Waals surface area contributed by atoms with Crippen LogP contribution in [-0.2, 0) is 23.8 Å². The van der Waals surface area contributed by atoms with Crippen LogP contribution < -0.4 is 0 Å². The Hall–Kier alpha value is -2.66. The number of ether oxygens (including phenoxy) is 3. The van der Waals surface area contributed by atoms with Gasteiger partial charge in [0.25, 0.3) is 0 Å². The maximum atomic E-state index is 14.1. The van der Waals surface area contributed by atoms with Crippen LogP contribution in [0.5, 0.6) is 5.75 Å². The predicted octanol–water partition coefficient (Wildman–Crippen LogP) is 0.294. The average molecular weight is 460 g/mol. The Labute approximate surface area is 188 Å². The number of phenols is 1. The zero-order valence-corrected chi connectivity index (χ0v) is 18.0. The van der Waals surface area contributed by atoms with Gasteiger partial charge in [0.05, 0.1) is 35.5 Å². The molecule has 8 unspecified atom stereocenters. The van der Waals surface area contributed by atoms with E-state index in [-0.39, 0.29) is 24.0 Å². The summed E-state index contributed by atoms with van der Waals surface area (Å²) in [4.78, 5) is 52.9.